The molecule has 3 rings (SSSR count). The molecule has 0 radical (unpaired) electrons. The third kappa shape index (κ3) is 4.23. The Labute approximate surface area is 154 Å². The number of carbonyl (C=O) groups excluding carboxylic acids is 3. The number of hydrogen-bond acceptors (Lipinski definition) is 4. The molecule has 0 aliphatic heterocycles. The highest BCUT2D eigenvalue weighted by molar-refractivity contribution is 7.12. The van der Waals surface area contributed by atoms with Crippen molar-refractivity contribution in [2.45, 2.75) is 6.92 Å². The van der Waals surface area contributed by atoms with Gasteiger partial charge in [-0.15, -0.1) is 11.3 Å². The fourth-order valence-electron chi connectivity index (χ4n) is 2.33. The summed E-state index contributed by atoms with van der Waals surface area (Å²) in [5, 5.41) is 7.38. The number of rotatable bonds is 5. The molecule has 0 saturated carbocycles. The van der Waals surface area contributed by atoms with Gasteiger partial charge in [0.2, 0.25) is 0 Å². The van der Waals surface area contributed by atoms with Gasteiger partial charge in [0.05, 0.1) is 4.88 Å². The van der Waals surface area contributed by atoms with Gasteiger partial charge in [0.15, 0.2) is 5.78 Å². The van der Waals surface area contributed by atoms with Gasteiger partial charge in [-0.25, -0.2) is 0 Å². The van der Waals surface area contributed by atoms with E-state index in [-0.39, 0.29) is 17.6 Å². The highest BCUT2D eigenvalue weighted by Crippen LogP contribution is 2.17. The minimum absolute atomic E-state index is 0.0305. The first-order valence-corrected chi connectivity index (χ1v) is 8.78. The molecule has 2 N–H and O–H groups in total. The average Bonchev–Trinajstić information content (AvgIpc) is 3.17. The highest BCUT2D eigenvalue weighted by atomic mass is 32.1. The summed E-state index contributed by atoms with van der Waals surface area (Å²) in [5.41, 5.74) is 2.14. The first-order valence-electron chi connectivity index (χ1n) is 7.90. The van der Waals surface area contributed by atoms with Gasteiger partial charge in [0.25, 0.3) is 11.8 Å². The van der Waals surface area contributed by atoms with Crippen LogP contribution in [0.1, 0.15) is 37.3 Å². The van der Waals surface area contributed by atoms with Crippen LogP contribution in [0.25, 0.3) is 0 Å². The van der Waals surface area contributed by atoms with E-state index in [9.17, 15) is 14.4 Å². The van der Waals surface area contributed by atoms with Gasteiger partial charge in [0.1, 0.15) is 0 Å². The minimum Gasteiger partial charge on any atom is -0.322 e. The average molecular weight is 364 g/mol. The molecule has 0 aliphatic carbocycles. The molecule has 3 aromatic rings. The van der Waals surface area contributed by atoms with E-state index in [0.717, 1.165) is 0 Å². The molecule has 5 nitrogen and oxygen atoms in total. The third-order valence-electron chi connectivity index (χ3n) is 3.68. The van der Waals surface area contributed by atoms with Crippen molar-refractivity contribution in [3.63, 3.8) is 0 Å². The van der Waals surface area contributed by atoms with Gasteiger partial charge in [-0.2, -0.15) is 0 Å². The van der Waals surface area contributed by atoms with Crippen molar-refractivity contribution in [1.29, 1.82) is 0 Å². The van der Waals surface area contributed by atoms with E-state index >= 15 is 0 Å². The third-order valence-corrected chi connectivity index (χ3v) is 4.55. The van der Waals surface area contributed by atoms with E-state index < -0.39 is 0 Å². The summed E-state index contributed by atoms with van der Waals surface area (Å²) >= 11 is 1.35. The zero-order chi connectivity index (χ0) is 18.5. The molecule has 130 valence electrons. The topological polar surface area (TPSA) is 75.3 Å². The zero-order valence-corrected chi connectivity index (χ0v) is 14.8. The number of ketones is 1. The summed E-state index contributed by atoms with van der Waals surface area (Å²) in [5.74, 6) is -0.540. The lowest BCUT2D eigenvalue weighted by molar-refractivity contribution is 0.101. The minimum atomic E-state index is -0.298. The molecule has 0 spiro atoms. The Morgan fingerprint density at radius 3 is 2.15 bits per heavy atom. The Kier molecular flexibility index (Phi) is 5.24. The van der Waals surface area contributed by atoms with Gasteiger partial charge in [-0.1, -0.05) is 12.1 Å². The van der Waals surface area contributed by atoms with Gasteiger partial charge >= 0.3 is 0 Å². The molecule has 0 saturated heterocycles. The summed E-state index contributed by atoms with van der Waals surface area (Å²) in [6.45, 7) is 1.49. The maximum atomic E-state index is 12.4. The summed E-state index contributed by atoms with van der Waals surface area (Å²) in [6, 6.07) is 16.9. The summed E-state index contributed by atoms with van der Waals surface area (Å²) in [4.78, 5) is 36.4. The van der Waals surface area contributed by atoms with Crippen LogP contribution in [0.5, 0.6) is 0 Å². The van der Waals surface area contributed by atoms with Crippen LogP contribution in [0.4, 0.5) is 11.4 Å². The van der Waals surface area contributed by atoms with Crippen LogP contribution in [0.3, 0.4) is 0 Å². The fraction of sp³-hybridized carbons (Fsp3) is 0.0500. The first-order chi connectivity index (χ1) is 12.5. The highest BCUT2D eigenvalue weighted by Gasteiger charge is 2.10. The molecule has 2 aromatic carbocycles. The molecule has 1 heterocycles. The number of hydrogen-bond donors (Lipinski definition) is 2. The SMILES string of the molecule is CC(=O)c1ccc(NC(=O)c2cccc(NC(=O)c3cccs3)c2)cc1. The van der Waals surface area contributed by atoms with Crippen LogP contribution in [-0.4, -0.2) is 17.6 Å². The van der Waals surface area contributed by atoms with Crippen molar-refractivity contribution < 1.29 is 14.4 Å². The van der Waals surface area contributed by atoms with Crippen LogP contribution < -0.4 is 10.6 Å². The predicted molar refractivity (Wildman–Crippen MR) is 103 cm³/mol. The van der Waals surface area contributed by atoms with Gasteiger partial charge < -0.3 is 10.6 Å². The lowest BCUT2D eigenvalue weighted by Gasteiger charge is -2.08. The zero-order valence-electron chi connectivity index (χ0n) is 14.0. The molecule has 0 atom stereocenters. The number of anilines is 2. The Balaban J connectivity index is 1.69. The smallest absolute Gasteiger partial charge is 0.265 e. The number of nitrogens with one attached hydrogen (secondary N) is 2. The standard InChI is InChI=1S/C20H16N2O3S/c1-13(23)14-7-9-16(10-8-14)21-19(24)15-4-2-5-17(12-15)22-20(25)18-6-3-11-26-18/h2-12H,1H3,(H,21,24)(H,22,25). The lowest BCUT2D eigenvalue weighted by Crippen LogP contribution is -2.14. The van der Waals surface area contributed by atoms with E-state index in [1.54, 1.807) is 60.7 Å². The number of thiophene rings is 1. The molecule has 0 bridgehead atoms. The van der Waals surface area contributed by atoms with Crippen LogP contribution in [0.2, 0.25) is 0 Å². The van der Waals surface area contributed by atoms with E-state index in [1.807, 2.05) is 5.38 Å². The predicted octanol–water partition coefficient (Wildman–Crippen LogP) is 4.46. The number of carbonyl (C=O) groups is 3. The van der Waals surface area contributed by atoms with Crippen LogP contribution >= 0.6 is 11.3 Å². The quantitative estimate of drug-likeness (QED) is 0.657. The molecule has 26 heavy (non-hydrogen) atoms. The second-order valence-corrected chi connectivity index (χ2v) is 6.55. The lowest BCUT2D eigenvalue weighted by atomic mass is 10.1. The summed E-state index contributed by atoms with van der Waals surface area (Å²) in [6.07, 6.45) is 0. The molecule has 0 unspecified atom stereocenters. The number of amides is 2. The molecule has 1 aromatic heterocycles. The fourth-order valence-corrected chi connectivity index (χ4v) is 2.95. The summed E-state index contributed by atoms with van der Waals surface area (Å²) in [7, 11) is 0. The van der Waals surface area contributed by atoms with E-state index in [2.05, 4.69) is 10.6 Å². The van der Waals surface area contributed by atoms with E-state index in [1.165, 1.54) is 18.3 Å². The first kappa shape index (κ1) is 17.6. The summed E-state index contributed by atoms with van der Waals surface area (Å²) < 4.78 is 0. The monoisotopic (exact) mass is 364 g/mol. The van der Waals surface area contributed by atoms with Crippen molar-refractivity contribution in [3.8, 4) is 0 Å². The molecular weight excluding hydrogens is 348 g/mol. The number of Topliss-reactive ketones (excluding diaryl/α,β-unsaturated/α-hetero) is 1. The second kappa shape index (κ2) is 7.76. The van der Waals surface area contributed by atoms with Crippen molar-refractivity contribution in [2.75, 3.05) is 10.6 Å². The van der Waals surface area contributed by atoms with Crippen molar-refractivity contribution in [2.24, 2.45) is 0 Å². The van der Waals surface area contributed by atoms with Crippen LogP contribution in [0, 0.1) is 0 Å². The maximum absolute atomic E-state index is 12.4. The molecule has 6 heteroatoms. The van der Waals surface area contributed by atoms with Crippen molar-refractivity contribution in [1.82, 2.24) is 0 Å². The molecule has 2 amide bonds. The van der Waals surface area contributed by atoms with Crippen LogP contribution in [-0.2, 0) is 0 Å². The number of benzene rings is 2. The van der Waals surface area contributed by atoms with Crippen LogP contribution in [0.15, 0.2) is 66.0 Å². The Morgan fingerprint density at radius 2 is 1.50 bits per heavy atom. The van der Waals surface area contributed by atoms with E-state index in [0.29, 0.717) is 27.4 Å². The molecule has 0 fully saturated rings. The normalized spacial score (nSPS) is 10.2. The largest absolute Gasteiger partial charge is 0.322 e. The Morgan fingerprint density at radius 1 is 0.769 bits per heavy atom. The Hall–Kier alpha value is -3.25. The van der Waals surface area contributed by atoms with Crippen molar-refractivity contribution >= 4 is 40.3 Å². The second-order valence-electron chi connectivity index (χ2n) is 5.60. The van der Waals surface area contributed by atoms with Gasteiger partial charge in [0, 0.05) is 22.5 Å². The van der Waals surface area contributed by atoms with Crippen molar-refractivity contribution in [3.05, 3.63) is 82.0 Å². The van der Waals surface area contributed by atoms with E-state index in [4.69, 9.17) is 0 Å². The Bertz CT molecular complexity index is 947. The molecule has 0 aliphatic rings. The maximum Gasteiger partial charge on any atom is 0.265 e. The molecular formula is C20H16N2O3S. The van der Waals surface area contributed by atoms with Gasteiger partial charge in [-0.05, 0) is 60.8 Å². The van der Waals surface area contributed by atoms with Gasteiger partial charge in [-0.3, -0.25) is 14.4 Å².